The van der Waals surface area contributed by atoms with Gasteiger partial charge in [-0.1, -0.05) is 12.1 Å². The Bertz CT molecular complexity index is 553. The zero-order valence-electron chi connectivity index (χ0n) is 15.1. The third-order valence-corrected chi connectivity index (χ3v) is 7.25. The maximum atomic E-state index is 6.24. The van der Waals surface area contributed by atoms with Crippen LogP contribution in [0.2, 0.25) is 0 Å². The predicted molar refractivity (Wildman–Crippen MR) is 101 cm³/mol. The van der Waals surface area contributed by atoms with Crippen molar-refractivity contribution in [3.8, 4) is 5.75 Å². The number of rotatable bonds is 6. The fraction of sp³-hybridized carbons (Fsp3) is 0.700. The van der Waals surface area contributed by atoms with Crippen LogP contribution in [0.3, 0.4) is 0 Å². The first-order valence-electron chi connectivity index (χ1n) is 9.43. The van der Waals surface area contributed by atoms with E-state index in [4.69, 9.17) is 14.2 Å². The van der Waals surface area contributed by atoms with Gasteiger partial charge in [0, 0.05) is 50.0 Å². The van der Waals surface area contributed by atoms with Gasteiger partial charge in [0.05, 0.1) is 13.2 Å². The van der Waals surface area contributed by atoms with Crippen molar-refractivity contribution in [3.63, 3.8) is 0 Å². The Morgan fingerprint density at radius 2 is 1.96 bits per heavy atom. The summed E-state index contributed by atoms with van der Waals surface area (Å²) >= 11 is 2.14. The fourth-order valence-corrected chi connectivity index (χ4v) is 5.79. The van der Waals surface area contributed by atoms with Gasteiger partial charge in [0.15, 0.2) is 0 Å². The van der Waals surface area contributed by atoms with Crippen LogP contribution >= 0.6 is 11.8 Å². The van der Waals surface area contributed by atoms with Crippen LogP contribution in [-0.4, -0.2) is 61.5 Å². The Morgan fingerprint density at radius 3 is 2.68 bits per heavy atom. The minimum absolute atomic E-state index is 0.451. The first-order chi connectivity index (χ1) is 12.2. The summed E-state index contributed by atoms with van der Waals surface area (Å²) in [5.41, 5.74) is 1.37. The SMILES string of the molecule is COc1ccc(CN2CC3(C[C@@H](OCC4CCOCC4)CS3)C2)cc1. The molecule has 3 fully saturated rings. The summed E-state index contributed by atoms with van der Waals surface area (Å²) < 4.78 is 17.4. The molecule has 0 aliphatic carbocycles. The highest BCUT2D eigenvalue weighted by Gasteiger charge is 2.49. The molecular weight excluding hydrogens is 334 g/mol. The molecule has 0 aromatic heterocycles. The van der Waals surface area contributed by atoms with E-state index in [0.717, 1.165) is 32.1 Å². The highest BCUT2D eigenvalue weighted by Crippen LogP contribution is 2.46. The zero-order valence-corrected chi connectivity index (χ0v) is 15.9. The van der Waals surface area contributed by atoms with Gasteiger partial charge in [-0.15, -0.1) is 11.8 Å². The highest BCUT2D eigenvalue weighted by atomic mass is 32.2. The lowest BCUT2D eigenvalue weighted by Crippen LogP contribution is -2.58. The molecule has 3 aliphatic heterocycles. The highest BCUT2D eigenvalue weighted by molar-refractivity contribution is 8.01. The molecule has 4 nitrogen and oxygen atoms in total. The number of hydrogen-bond donors (Lipinski definition) is 0. The average molecular weight is 364 g/mol. The number of ether oxygens (including phenoxy) is 3. The van der Waals surface area contributed by atoms with Crippen molar-refractivity contribution in [2.45, 2.75) is 36.7 Å². The third kappa shape index (κ3) is 4.33. The molecule has 25 heavy (non-hydrogen) atoms. The van der Waals surface area contributed by atoms with Crippen LogP contribution in [-0.2, 0) is 16.0 Å². The lowest BCUT2D eigenvalue weighted by atomic mass is 9.92. The third-order valence-electron chi connectivity index (χ3n) is 5.67. The number of thioether (sulfide) groups is 1. The van der Waals surface area contributed by atoms with Crippen LogP contribution in [0.15, 0.2) is 24.3 Å². The summed E-state index contributed by atoms with van der Waals surface area (Å²) in [6.45, 7) is 6.19. The standard InChI is InChI=1S/C20H29NO3S/c1-22-18-4-2-16(3-5-18)11-21-14-20(15-21)10-19(13-25-20)24-12-17-6-8-23-9-7-17/h2-5,17,19H,6-15H2,1H3/t19-/m1/s1. The summed E-state index contributed by atoms with van der Waals surface area (Å²) in [6.07, 6.45) is 4.01. The summed E-state index contributed by atoms with van der Waals surface area (Å²) in [7, 11) is 1.71. The van der Waals surface area contributed by atoms with Crippen molar-refractivity contribution in [3.05, 3.63) is 29.8 Å². The van der Waals surface area contributed by atoms with E-state index in [9.17, 15) is 0 Å². The van der Waals surface area contributed by atoms with Gasteiger partial charge in [-0.25, -0.2) is 0 Å². The van der Waals surface area contributed by atoms with Crippen LogP contribution < -0.4 is 4.74 Å². The van der Waals surface area contributed by atoms with Gasteiger partial charge in [-0.05, 0) is 42.9 Å². The maximum absolute atomic E-state index is 6.24. The molecular formula is C20H29NO3S. The molecule has 3 heterocycles. The molecule has 1 aromatic rings. The number of likely N-dealkylation sites (tertiary alicyclic amines) is 1. The summed E-state index contributed by atoms with van der Waals surface area (Å²) in [5, 5.41) is 0. The number of nitrogens with zero attached hydrogens (tertiary/aromatic N) is 1. The zero-order chi connectivity index (χ0) is 17.1. The molecule has 138 valence electrons. The van der Waals surface area contributed by atoms with Crippen LogP contribution in [0.5, 0.6) is 5.75 Å². The second-order valence-corrected chi connectivity index (χ2v) is 9.19. The second kappa shape index (κ2) is 7.87. The monoisotopic (exact) mass is 363 g/mol. The molecule has 4 rings (SSSR count). The molecule has 1 atom stereocenters. The van der Waals surface area contributed by atoms with Gasteiger partial charge in [-0.3, -0.25) is 4.90 Å². The van der Waals surface area contributed by atoms with E-state index in [1.54, 1.807) is 7.11 Å². The summed E-state index contributed by atoms with van der Waals surface area (Å²) in [4.78, 5) is 2.55. The Morgan fingerprint density at radius 1 is 1.20 bits per heavy atom. The molecule has 3 aliphatic rings. The Labute approximate surface area is 155 Å². The van der Waals surface area contributed by atoms with E-state index in [1.165, 1.54) is 43.7 Å². The maximum Gasteiger partial charge on any atom is 0.118 e. The van der Waals surface area contributed by atoms with E-state index in [0.29, 0.717) is 16.8 Å². The number of benzene rings is 1. The molecule has 0 N–H and O–H groups in total. The minimum Gasteiger partial charge on any atom is -0.497 e. The van der Waals surface area contributed by atoms with Crippen molar-refractivity contribution >= 4 is 11.8 Å². The number of hydrogen-bond acceptors (Lipinski definition) is 5. The predicted octanol–water partition coefficient (Wildman–Crippen LogP) is 3.20. The second-order valence-electron chi connectivity index (χ2n) is 7.70. The largest absolute Gasteiger partial charge is 0.497 e. The molecule has 0 bridgehead atoms. The molecule has 1 aromatic carbocycles. The van der Waals surface area contributed by atoms with Gasteiger partial charge in [-0.2, -0.15) is 0 Å². The van der Waals surface area contributed by atoms with Crippen LogP contribution in [0.4, 0.5) is 0 Å². The molecule has 3 saturated heterocycles. The van der Waals surface area contributed by atoms with E-state index >= 15 is 0 Å². The van der Waals surface area contributed by atoms with Crippen molar-refractivity contribution in [2.75, 3.05) is 45.8 Å². The molecule has 0 saturated carbocycles. The van der Waals surface area contributed by atoms with Crippen LogP contribution in [0.25, 0.3) is 0 Å². The van der Waals surface area contributed by atoms with Crippen molar-refractivity contribution in [1.29, 1.82) is 0 Å². The molecule has 0 amide bonds. The molecule has 5 heteroatoms. The molecule has 0 radical (unpaired) electrons. The van der Waals surface area contributed by atoms with Crippen molar-refractivity contribution in [2.24, 2.45) is 5.92 Å². The first kappa shape index (κ1) is 17.7. The van der Waals surface area contributed by atoms with E-state index < -0.39 is 0 Å². The van der Waals surface area contributed by atoms with E-state index in [-0.39, 0.29) is 0 Å². The lowest BCUT2D eigenvalue weighted by molar-refractivity contribution is -0.0133. The van der Waals surface area contributed by atoms with Gasteiger partial charge in [0.2, 0.25) is 0 Å². The molecule has 1 spiro atoms. The van der Waals surface area contributed by atoms with Crippen molar-refractivity contribution in [1.82, 2.24) is 4.90 Å². The van der Waals surface area contributed by atoms with Gasteiger partial charge in [0.25, 0.3) is 0 Å². The summed E-state index contributed by atoms with van der Waals surface area (Å²) in [6, 6.07) is 8.45. The minimum atomic E-state index is 0.451. The summed E-state index contributed by atoms with van der Waals surface area (Å²) in [5.74, 6) is 2.81. The molecule has 0 unspecified atom stereocenters. The smallest absolute Gasteiger partial charge is 0.118 e. The number of methoxy groups -OCH3 is 1. The van der Waals surface area contributed by atoms with Gasteiger partial charge in [0.1, 0.15) is 5.75 Å². The Balaban J connectivity index is 1.19. The Hall–Kier alpha value is -0.750. The average Bonchev–Trinajstić information content (AvgIpc) is 3.06. The van der Waals surface area contributed by atoms with E-state index in [1.807, 2.05) is 0 Å². The lowest BCUT2D eigenvalue weighted by Gasteiger charge is -2.47. The fourth-order valence-electron chi connectivity index (χ4n) is 4.18. The van der Waals surface area contributed by atoms with E-state index in [2.05, 4.69) is 40.9 Å². The quantitative estimate of drug-likeness (QED) is 0.775. The van der Waals surface area contributed by atoms with Crippen molar-refractivity contribution < 1.29 is 14.2 Å². The van der Waals surface area contributed by atoms with Gasteiger partial charge < -0.3 is 14.2 Å². The topological polar surface area (TPSA) is 30.9 Å². The van der Waals surface area contributed by atoms with Crippen LogP contribution in [0, 0.1) is 5.92 Å². The van der Waals surface area contributed by atoms with Crippen LogP contribution in [0.1, 0.15) is 24.8 Å². The first-order valence-corrected chi connectivity index (χ1v) is 10.4. The normalized spacial score (nSPS) is 26.7. The van der Waals surface area contributed by atoms with Gasteiger partial charge >= 0.3 is 0 Å². The Kier molecular flexibility index (Phi) is 5.56.